The predicted molar refractivity (Wildman–Crippen MR) is 60.8 cm³/mol. The van der Waals surface area contributed by atoms with Gasteiger partial charge >= 0.3 is 0 Å². The van der Waals surface area contributed by atoms with E-state index in [1.54, 1.807) is 0 Å². The van der Waals surface area contributed by atoms with E-state index in [2.05, 4.69) is 21.6 Å². The number of carbonyl (C=O) groups is 1. The van der Waals surface area contributed by atoms with Crippen molar-refractivity contribution in [2.75, 3.05) is 11.9 Å². The number of nitrogens with two attached hydrogens (primary N) is 1. The zero-order chi connectivity index (χ0) is 11.1. The summed E-state index contributed by atoms with van der Waals surface area (Å²) in [5.41, 5.74) is 5.02. The highest BCUT2D eigenvalue weighted by molar-refractivity contribution is 7.09. The van der Waals surface area contributed by atoms with Crippen LogP contribution in [0.1, 0.15) is 32.0 Å². The van der Waals surface area contributed by atoms with E-state index >= 15 is 0 Å². The highest BCUT2D eigenvalue weighted by Gasteiger charge is 2.02. The first-order valence-electron chi connectivity index (χ1n) is 5.07. The molecule has 0 aliphatic carbocycles. The topological polar surface area (TPSA) is 80.9 Å². The first kappa shape index (κ1) is 11.9. The number of nitrogens with one attached hydrogen (secondary N) is 1. The second-order valence-corrected chi connectivity index (χ2v) is 4.01. The Hall–Kier alpha value is -1.17. The summed E-state index contributed by atoms with van der Waals surface area (Å²) in [6.45, 7) is 2.81. The van der Waals surface area contributed by atoms with Crippen LogP contribution in [-0.2, 0) is 11.2 Å². The highest BCUT2D eigenvalue weighted by atomic mass is 32.1. The molecule has 0 unspecified atom stereocenters. The molecule has 6 heteroatoms. The first-order valence-corrected chi connectivity index (χ1v) is 5.84. The summed E-state index contributed by atoms with van der Waals surface area (Å²) in [5.74, 6) is 0.626. The largest absolute Gasteiger partial charge is 0.370 e. The Labute approximate surface area is 93.3 Å². The number of anilines is 1. The average molecular weight is 228 g/mol. The number of rotatable bonds is 7. The lowest BCUT2D eigenvalue weighted by Crippen LogP contribution is -2.12. The van der Waals surface area contributed by atoms with Crippen LogP contribution in [0, 0.1) is 0 Å². The van der Waals surface area contributed by atoms with Gasteiger partial charge in [-0.1, -0.05) is 6.92 Å². The Kier molecular flexibility index (Phi) is 5.03. The van der Waals surface area contributed by atoms with Gasteiger partial charge in [-0.2, -0.15) is 4.37 Å². The molecule has 1 amide bonds. The van der Waals surface area contributed by atoms with Crippen LogP contribution in [0.5, 0.6) is 0 Å². The number of carbonyl (C=O) groups excluding carboxylic acids is 1. The molecule has 0 saturated heterocycles. The van der Waals surface area contributed by atoms with E-state index in [9.17, 15) is 4.79 Å². The minimum absolute atomic E-state index is 0.263. The van der Waals surface area contributed by atoms with Gasteiger partial charge in [0.2, 0.25) is 11.0 Å². The lowest BCUT2D eigenvalue weighted by molar-refractivity contribution is -0.118. The molecule has 1 heterocycles. The normalized spacial score (nSPS) is 10.2. The van der Waals surface area contributed by atoms with Crippen molar-refractivity contribution >= 4 is 22.6 Å². The molecule has 0 bridgehead atoms. The lowest BCUT2D eigenvalue weighted by Gasteiger charge is -1.99. The van der Waals surface area contributed by atoms with Gasteiger partial charge in [0.1, 0.15) is 5.82 Å². The van der Waals surface area contributed by atoms with Crippen LogP contribution in [0.25, 0.3) is 0 Å². The van der Waals surface area contributed by atoms with Gasteiger partial charge in [0.05, 0.1) is 0 Å². The summed E-state index contributed by atoms with van der Waals surface area (Å²) >= 11 is 1.36. The van der Waals surface area contributed by atoms with E-state index < -0.39 is 0 Å². The minimum atomic E-state index is -0.263. The molecule has 0 spiro atoms. The standard InChI is InChI=1S/C9H16N4OS/c1-2-4-8-12-9(15-13-8)11-6-3-5-7(10)14/h2-6H2,1H3,(H2,10,14)(H,11,12,13). The molecule has 84 valence electrons. The van der Waals surface area contributed by atoms with Gasteiger partial charge in [0.25, 0.3) is 0 Å². The van der Waals surface area contributed by atoms with Gasteiger partial charge in [-0.25, -0.2) is 4.98 Å². The number of primary amides is 1. The van der Waals surface area contributed by atoms with E-state index in [0.29, 0.717) is 13.0 Å². The molecule has 1 aromatic heterocycles. The Morgan fingerprint density at radius 2 is 2.40 bits per heavy atom. The number of aromatic nitrogens is 2. The summed E-state index contributed by atoms with van der Waals surface area (Å²) in [5, 5.41) is 3.94. The Balaban J connectivity index is 2.22. The number of nitrogens with zero attached hydrogens (tertiary/aromatic N) is 2. The average Bonchev–Trinajstić information content (AvgIpc) is 2.61. The predicted octanol–water partition coefficient (Wildman–Crippen LogP) is 1.17. The summed E-state index contributed by atoms with van der Waals surface area (Å²) in [4.78, 5) is 14.8. The molecule has 15 heavy (non-hydrogen) atoms. The van der Waals surface area contributed by atoms with Crippen LogP contribution in [0.15, 0.2) is 0 Å². The van der Waals surface area contributed by atoms with Crippen LogP contribution in [0.3, 0.4) is 0 Å². The van der Waals surface area contributed by atoms with Gasteiger partial charge in [-0.3, -0.25) is 4.79 Å². The van der Waals surface area contributed by atoms with Gasteiger partial charge in [-0.05, 0) is 12.8 Å². The zero-order valence-corrected chi connectivity index (χ0v) is 9.64. The summed E-state index contributed by atoms with van der Waals surface area (Å²) in [6, 6.07) is 0. The van der Waals surface area contributed by atoms with E-state index in [0.717, 1.165) is 30.2 Å². The van der Waals surface area contributed by atoms with Crippen LogP contribution in [-0.4, -0.2) is 21.8 Å². The lowest BCUT2D eigenvalue weighted by atomic mass is 10.3. The van der Waals surface area contributed by atoms with Gasteiger partial charge in [0, 0.05) is 30.9 Å². The Morgan fingerprint density at radius 1 is 1.60 bits per heavy atom. The molecule has 0 fully saturated rings. The second kappa shape index (κ2) is 6.34. The van der Waals surface area contributed by atoms with E-state index in [-0.39, 0.29) is 5.91 Å². The van der Waals surface area contributed by atoms with Crippen LogP contribution in [0.4, 0.5) is 5.13 Å². The van der Waals surface area contributed by atoms with Crippen molar-refractivity contribution in [3.8, 4) is 0 Å². The molecule has 0 aromatic carbocycles. The molecule has 0 atom stereocenters. The van der Waals surface area contributed by atoms with Crippen molar-refractivity contribution in [1.82, 2.24) is 9.36 Å². The van der Waals surface area contributed by atoms with Crippen molar-refractivity contribution in [2.45, 2.75) is 32.6 Å². The number of hydrogen-bond acceptors (Lipinski definition) is 5. The van der Waals surface area contributed by atoms with Crippen molar-refractivity contribution < 1.29 is 4.79 Å². The summed E-state index contributed by atoms with van der Waals surface area (Å²) < 4.78 is 4.20. The zero-order valence-electron chi connectivity index (χ0n) is 8.82. The molecule has 3 N–H and O–H groups in total. The fourth-order valence-electron chi connectivity index (χ4n) is 1.11. The number of amides is 1. The van der Waals surface area contributed by atoms with Crippen LogP contribution < -0.4 is 11.1 Å². The smallest absolute Gasteiger partial charge is 0.217 e. The third-order valence-corrected chi connectivity index (χ3v) is 2.53. The van der Waals surface area contributed by atoms with Crippen LogP contribution in [0.2, 0.25) is 0 Å². The molecule has 1 rings (SSSR count). The molecular weight excluding hydrogens is 212 g/mol. The van der Waals surface area contributed by atoms with E-state index in [1.165, 1.54) is 11.5 Å². The maximum atomic E-state index is 10.5. The number of hydrogen-bond donors (Lipinski definition) is 2. The summed E-state index contributed by atoms with van der Waals surface area (Å²) in [7, 11) is 0. The third kappa shape index (κ3) is 4.73. The van der Waals surface area contributed by atoms with Crippen LogP contribution >= 0.6 is 11.5 Å². The van der Waals surface area contributed by atoms with Gasteiger partial charge in [0.15, 0.2) is 0 Å². The fraction of sp³-hybridized carbons (Fsp3) is 0.667. The van der Waals surface area contributed by atoms with Gasteiger partial charge in [-0.15, -0.1) is 0 Å². The molecule has 0 aliphatic heterocycles. The first-order chi connectivity index (χ1) is 7.22. The summed E-state index contributed by atoms with van der Waals surface area (Å²) in [6.07, 6.45) is 3.11. The Bertz CT molecular complexity index is 313. The van der Waals surface area contributed by atoms with Crippen molar-refractivity contribution in [2.24, 2.45) is 5.73 Å². The van der Waals surface area contributed by atoms with Crippen molar-refractivity contribution in [3.63, 3.8) is 0 Å². The van der Waals surface area contributed by atoms with Crippen molar-refractivity contribution in [1.29, 1.82) is 0 Å². The highest BCUT2D eigenvalue weighted by Crippen LogP contribution is 2.11. The molecule has 1 aromatic rings. The second-order valence-electron chi connectivity index (χ2n) is 3.26. The molecule has 0 aliphatic rings. The molecular formula is C9H16N4OS. The quantitative estimate of drug-likeness (QED) is 0.686. The Morgan fingerprint density at radius 3 is 3.07 bits per heavy atom. The van der Waals surface area contributed by atoms with Crippen molar-refractivity contribution in [3.05, 3.63) is 5.82 Å². The minimum Gasteiger partial charge on any atom is -0.370 e. The third-order valence-electron chi connectivity index (χ3n) is 1.82. The SMILES string of the molecule is CCCc1nsc(NCCCC(N)=O)n1. The molecule has 5 nitrogen and oxygen atoms in total. The molecule has 0 saturated carbocycles. The van der Waals surface area contributed by atoms with E-state index in [4.69, 9.17) is 5.73 Å². The maximum Gasteiger partial charge on any atom is 0.217 e. The van der Waals surface area contributed by atoms with E-state index in [1.807, 2.05) is 0 Å². The maximum absolute atomic E-state index is 10.5. The monoisotopic (exact) mass is 228 g/mol. The fourth-order valence-corrected chi connectivity index (χ4v) is 1.75. The number of aryl methyl sites for hydroxylation is 1. The van der Waals surface area contributed by atoms with Gasteiger partial charge < -0.3 is 11.1 Å². The molecule has 0 radical (unpaired) electrons.